The van der Waals surface area contributed by atoms with Crippen LogP contribution in [0.3, 0.4) is 0 Å². The lowest BCUT2D eigenvalue weighted by Gasteiger charge is -2.18. The average Bonchev–Trinajstić information content (AvgIpc) is 2.80. The van der Waals surface area contributed by atoms with Crippen LogP contribution in [0.25, 0.3) is 6.08 Å². The van der Waals surface area contributed by atoms with E-state index in [2.05, 4.69) is 0 Å². The SMILES string of the molecule is COc1ccc(OC)c(C=C2SC(=S)N(C(C)C(=O)O)C2=O)c1. The molecule has 23 heavy (non-hydrogen) atoms. The summed E-state index contributed by atoms with van der Waals surface area (Å²) in [6.45, 7) is 1.42. The van der Waals surface area contributed by atoms with Crippen LogP contribution < -0.4 is 9.47 Å². The number of thiocarbonyl (C=S) groups is 1. The fraction of sp³-hybridized carbons (Fsp3) is 0.267. The minimum atomic E-state index is -1.11. The lowest BCUT2D eigenvalue weighted by Crippen LogP contribution is -2.41. The second-order valence-electron chi connectivity index (χ2n) is 4.67. The van der Waals surface area contributed by atoms with Crippen LogP contribution in [0.1, 0.15) is 12.5 Å². The van der Waals surface area contributed by atoms with E-state index in [0.29, 0.717) is 22.0 Å². The highest BCUT2D eigenvalue weighted by molar-refractivity contribution is 8.26. The average molecular weight is 353 g/mol. The van der Waals surface area contributed by atoms with Crippen molar-refractivity contribution < 1.29 is 24.2 Å². The molecule has 1 aliphatic rings. The van der Waals surface area contributed by atoms with Gasteiger partial charge in [0.05, 0.1) is 19.1 Å². The number of amides is 1. The molecule has 1 aromatic carbocycles. The molecule has 0 aliphatic carbocycles. The van der Waals surface area contributed by atoms with E-state index in [4.69, 9.17) is 26.8 Å². The number of nitrogens with zero attached hydrogens (tertiary/aromatic N) is 1. The van der Waals surface area contributed by atoms with Gasteiger partial charge < -0.3 is 14.6 Å². The van der Waals surface area contributed by atoms with Crippen LogP contribution in [0.15, 0.2) is 23.1 Å². The standard InChI is InChI=1S/C15H15NO5S2/c1-8(14(18)19)16-13(17)12(23-15(16)22)7-9-6-10(20-2)4-5-11(9)21-3/h4-8H,1-3H3,(H,18,19). The molecule has 1 fully saturated rings. The number of hydrogen-bond donors (Lipinski definition) is 1. The maximum atomic E-state index is 12.4. The predicted octanol–water partition coefficient (Wildman–Crippen LogP) is 2.38. The van der Waals surface area contributed by atoms with Gasteiger partial charge in [0.1, 0.15) is 21.9 Å². The molecule has 122 valence electrons. The molecule has 0 radical (unpaired) electrons. The summed E-state index contributed by atoms with van der Waals surface area (Å²) in [5.74, 6) is -0.352. The van der Waals surface area contributed by atoms with Crippen LogP contribution in [0, 0.1) is 0 Å². The normalized spacial score (nSPS) is 17.5. The molecule has 0 spiro atoms. The molecule has 1 atom stereocenters. The Labute approximate surface area is 143 Å². The molecule has 1 aromatic rings. The van der Waals surface area contributed by atoms with Crippen molar-refractivity contribution in [3.05, 3.63) is 28.7 Å². The van der Waals surface area contributed by atoms with Crippen LogP contribution in [-0.2, 0) is 9.59 Å². The van der Waals surface area contributed by atoms with E-state index in [1.807, 2.05) is 0 Å². The summed E-state index contributed by atoms with van der Waals surface area (Å²) >= 11 is 6.19. The first-order valence-electron chi connectivity index (χ1n) is 6.61. The minimum Gasteiger partial charge on any atom is -0.497 e. The number of carboxylic acid groups (broad SMARTS) is 1. The lowest BCUT2D eigenvalue weighted by atomic mass is 10.1. The molecule has 1 amide bonds. The summed E-state index contributed by atoms with van der Waals surface area (Å²) < 4.78 is 10.7. The van der Waals surface area contributed by atoms with Gasteiger partial charge in [0.2, 0.25) is 0 Å². The van der Waals surface area contributed by atoms with Gasteiger partial charge in [-0.05, 0) is 31.2 Å². The van der Waals surface area contributed by atoms with Crippen LogP contribution >= 0.6 is 24.0 Å². The summed E-state index contributed by atoms with van der Waals surface area (Å²) in [6.07, 6.45) is 1.62. The minimum absolute atomic E-state index is 0.220. The van der Waals surface area contributed by atoms with Gasteiger partial charge in [-0.3, -0.25) is 9.69 Å². The van der Waals surface area contributed by atoms with Gasteiger partial charge in [0.25, 0.3) is 5.91 Å². The number of carboxylic acids is 1. The van der Waals surface area contributed by atoms with Crippen molar-refractivity contribution >= 4 is 46.3 Å². The van der Waals surface area contributed by atoms with Crippen LogP contribution in [0.5, 0.6) is 11.5 Å². The predicted molar refractivity (Wildman–Crippen MR) is 91.7 cm³/mol. The lowest BCUT2D eigenvalue weighted by molar-refractivity contribution is -0.144. The number of aliphatic carboxylic acids is 1. The Kier molecular flexibility index (Phi) is 5.27. The number of ether oxygens (including phenoxy) is 2. The van der Waals surface area contributed by atoms with Crippen molar-refractivity contribution in [1.29, 1.82) is 0 Å². The second-order valence-corrected chi connectivity index (χ2v) is 6.35. The van der Waals surface area contributed by atoms with E-state index in [-0.39, 0.29) is 4.32 Å². The Hall–Kier alpha value is -2.06. The highest BCUT2D eigenvalue weighted by atomic mass is 32.2. The van der Waals surface area contributed by atoms with Gasteiger partial charge in [-0.2, -0.15) is 0 Å². The molecule has 0 bridgehead atoms. The molecular formula is C15H15NO5S2. The van der Waals surface area contributed by atoms with Gasteiger partial charge >= 0.3 is 5.97 Å². The first-order chi connectivity index (χ1) is 10.9. The third-order valence-electron chi connectivity index (χ3n) is 3.29. The molecule has 0 aromatic heterocycles. The molecule has 1 heterocycles. The van der Waals surface area contributed by atoms with Gasteiger partial charge in [-0.1, -0.05) is 24.0 Å². The van der Waals surface area contributed by atoms with Crippen molar-refractivity contribution in [3.8, 4) is 11.5 Å². The van der Waals surface area contributed by atoms with Gasteiger partial charge in [-0.25, -0.2) is 4.79 Å². The topological polar surface area (TPSA) is 76.1 Å². The molecular weight excluding hydrogens is 338 g/mol. The maximum Gasteiger partial charge on any atom is 0.326 e. The van der Waals surface area contributed by atoms with Crippen molar-refractivity contribution in [3.63, 3.8) is 0 Å². The molecule has 6 nitrogen and oxygen atoms in total. The molecule has 2 rings (SSSR count). The fourth-order valence-corrected chi connectivity index (χ4v) is 3.43. The Balaban J connectivity index is 2.39. The Bertz CT molecular complexity index is 701. The van der Waals surface area contributed by atoms with Crippen molar-refractivity contribution in [2.24, 2.45) is 0 Å². The van der Waals surface area contributed by atoms with Crippen LogP contribution in [0.2, 0.25) is 0 Å². The van der Waals surface area contributed by atoms with Crippen LogP contribution in [-0.4, -0.2) is 46.5 Å². The summed E-state index contributed by atoms with van der Waals surface area (Å²) in [7, 11) is 3.07. The number of benzene rings is 1. The zero-order valence-electron chi connectivity index (χ0n) is 12.7. The fourth-order valence-electron chi connectivity index (χ4n) is 2.02. The molecule has 1 aliphatic heterocycles. The van der Waals surface area contributed by atoms with Gasteiger partial charge in [0, 0.05) is 5.56 Å². The Morgan fingerprint density at radius 2 is 2.09 bits per heavy atom. The summed E-state index contributed by atoms with van der Waals surface area (Å²) in [5.41, 5.74) is 0.648. The Morgan fingerprint density at radius 3 is 2.65 bits per heavy atom. The maximum absolute atomic E-state index is 12.4. The Morgan fingerprint density at radius 1 is 1.39 bits per heavy atom. The number of methoxy groups -OCH3 is 2. The summed E-state index contributed by atoms with van der Waals surface area (Å²) in [4.78, 5) is 25.0. The number of carbonyl (C=O) groups excluding carboxylic acids is 1. The summed E-state index contributed by atoms with van der Waals surface area (Å²) in [5, 5.41) is 9.09. The van der Waals surface area contributed by atoms with E-state index >= 15 is 0 Å². The first-order valence-corrected chi connectivity index (χ1v) is 7.83. The molecule has 1 unspecified atom stereocenters. The molecule has 1 saturated heterocycles. The quantitative estimate of drug-likeness (QED) is 0.643. The monoisotopic (exact) mass is 353 g/mol. The van der Waals surface area contributed by atoms with E-state index in [1.165, 1.54) is 14.0 Å². The van der Waals surface area contributed by atoms with E-state index < -0.39 is 17.9 Å². The zero-order valence-corrected chi connectivity index (χ0v) is 14.4. The number of rotatable bonds is 5. The van der Waals surface area contributed by atoms with Crippen molar-refractivity contribution in [1.82, 2.24) is 4.90 Å². The molecule has 8 heteroatoms. The first kappa shape index (κ1) is 17.3. The zero-order chi connectivity index (χ0) is 17.1. The summed E-state index contributed by atoms with van der Waals surface area (Å²) in [6, 6.07) is 4.19. The van der Waals surface area contributed by atoms with Crippen LogP contribution in [0.4, 0.5) is 0 Å². The number of hydrogen-bond acceptors (Lipinski definition) is 6. The van der Waals surface area contributed by atoms with Gasteiger partial charge in [-0.15, -0.1) is 0 Å². The molecule has 1 N–H and O–H groups in total. The highest BCUT2D eigenvalue weighted by Gasteiger charge is 2.38. The van der Waals surface area contributed by atoms with E-state index in [9.17, 15) is 9.59 Å². The van der Waals surface area contributed by atoms with Gasteiger partial charge in [0.15, 0.2) is 0 Å². The van der Waals surface area contributed by atoms with E-state index in [0.717, 1.165) is 16.7 Å². The molecule has 0 saturated carbocycles. The van der Waals surface area contributed by atoms with Crippen molar-refractivity contribution in [2.75, 3.05) is 14.2 Å². The highest BCUT2D eigenvalue weighted by Crippen LogP contribution is 2.36. The third-order valence-corrected chi connectivity index (χ3v) is 4.62. The second kappa shape index (κ2) is 7.01. The number of carbonyl (C=O) groups is 2. The largest absolute Gasteiger partial charge is 0.497 e. The van der Waals surface area contributed by atoms with Crippen molar-refractivity contribution in [2.45, 2.75) is 13.0 Å². The smallest absolute Gasteiger partial charge is 0.326 e. The number of thioether (sulfide) groups is 1. The third kappa shape index (κ3) is 3.48. The van der Waals surface area contributed by atoms with E-state index in [1.54, 1.807) is 31.4 Å².